The van der Waals surface area contributed by atoms with Gasteiger partial charge in [-0.2, -0.15) is 0 Å². The van der Waals surface area contributed by atoms with Crippen LogP contribution < -0.4 is 0 Å². The van der Waals surface area contributed by atoms with Crippen molar-refractivity contribution < 1.29 is 14.6 Å². The summed E-state index contributed by atoms with van der Waals surface area (Å²) in [4.78, 5) is 11.0. The standard InChI is InChI=1S/C10H18O3/c1-3-7-4-5-8(6-7)9(11)10(12)13-2/h7-9,11H,3-6H2,1-2H3. The number of hydrogen-bond donors (Lipinski definition) is 1. The average Bonchev–Trinajstić information content (AvgIpc) is 2.63. The fourth-order valence-corrected chi connectivity index (χ4v) is 2.08. The van der Waals surface area contributed by atoms with Crippen molar-refractivity contribution in [3.63, 3.8) is 0 Å². The normalized spacial score (nSPS) is 30.1. The fraction of sp³-hybridized carbons (Fsp3) is 0.900. The maximum Gasteiger partial charge on any atom is 0.334 e. The molecule has 0 amide bonds. The van der Waals surface area contributed by atoms with Gasteiger partial charge < -0.3 is 9.84 Å². The van der Waals surface area contributed by atoms with E-state index in [9.17, 15) is 9.90 Å². The minimum Gasteiger partial charge on any atom is -0.467 e. The summed E-state index contributed by atoms with van der Waals surface area (Å²) in [5.74, 6) is 0.323. The molecule has 1 rings (SSSR count). The van der Waals surface area contributed by atoms with E-state index in [0.29, 0.717) is 5.92 Å². The average molecular weight is 186 g/mol. The van der Waals surface area contributed by atoms with Crippen LogP contribution in [0.1, 0.15) is 32.6 Å². The molecule has 3 heteroatoms. The summed E-state index contributed by atoms with van der Waals surface area (Å²) < 4.78 is 4.50. The number of aliphatic hydroxyl groups excluding tert-OH is 1. The largest absolute Gasteiger partial charge is 0.467 e. The van der Waals surface area contributed by atoms with Gasteiger partial charge in [-0.25, -0.2) is 4.79 Å². The minimum absolute atomic E-state index is 0.123. The number of aliphatic hydroxyl groups is 1. The zero-order valence-corrected chi connectivity index (χ0v) is 8.32. The first-order valence-electron chi connectivity index (χ1n) is 4.95. The molecule has 1 fully saturated rings. The molecule has 0 heterocycles. The third kappa shape index (κ3) is 2.44. The third-order valence-electron chi connectivity index (χ3n) is 3.05. The molecule has 1 N–H and O–H groups in total. The van der Waals surface area contributed by atoms with Gasteiger partial charge in [0.15, 0.2) is 6.10 Å². The van der Waals surface area contributed by atoms with Crippen molar-refractivity contribution >= 4 is 5.97 Å². The number of carbonyl (C=O) groups excluding carboxylic acids is 1. The summed E-state index contributed by atoms with van der Waals surface area (Å²) in [6.07, 6.45) is 3.29. The summed E-state index contributed by atoms with van der Waals surface area (Å²) >= 11 is 0. The number of esters is 1. The molecule has 0 aromatic heterocycles. The molecule has 0 aliphatic heterocycles. The van der Waals surface area contributed by atoms with Crippen molar-refractivity contribution in [2.75, 3.05) is 7.11 Å². The van der Waals surface area contributed by atoms with Gasteiger partial charge in [0.05, 0.1) is 7.11 Å². The lowest BCUT2D eigenvalue weighted by Gasteiger charge is -2.15. The van der Waals surface area contributed by atoms with Crippen LogP contribution >= 0.6 is 0 Å². The highest BCUT2D eigenvalue weighted by Gasteiger charge is 2.33. The quantitative estimate of drug-likeness (QED) is 0.677. The second-order valence-electron chi connectivity index (χ2n) is 3.82. The van der Waals surface area contributed by atoms with Crippen molar-refractivity contribution in [3.8, 4) is 0 Å². The van der Waals surface area contributed by atoms with E-state index < -0.39 is 12.1 Å². The summed E-state index contributed by atoms with van der Waals surface area (Å²) in [6.45, 7) is 2.15. The molecule has 1 aliphatic carbocycles. The Labute approximate surface area is 79.1 Å². The molecule has 1 saturated carbocycles. The second-order valence-corrected chi connectivity index (χ2v) is 3.82. The highest BCUT2D eigenvalue weighted by atomic mass is 16.5. The topological polar surface area (TPSA) is 46.5 Å². The van der Waals surface area contributed by atoms with E-state index in [0.717, 1.165) is 25.7 Å². The van der Waals surface area contributed by atoms with Gasteiger partial charge in [0.2, 0.25) is 0 Å². The van der Waals surface area contributed by atoms with Gasteiger partial charge in [-0.1, -0.05) is 19.8 Å². The van der Waals surface area contributed by atoms with Crippen molar-refractivity contribution in [2.24, 2.45) is 11.8 Å². The van der Waals surface area contributed by atoms with Gasteiger partial charge in [-0.3, -0.25) is 0 Å². The first-order valence-corrected chi connectivity index (χ1v) is 4.95. The van der Waals surface area contributed by atoms with Crippen LogP contribution in [0.25, 0.3) is 0 Å². The van der Waals surface area contributed by atoms with E-state index in [1.54, 1.807) is 0 Å². The van der Waals surface area contributed by atoms with Crippen LogP contribution in [0.2, 0.25) is 0 Å². The van der Waals surface area contributed by atoms with E-state index in [2.05, 4.69) is 11.7 Å². The number of carbonyl (C=O) groups is 1. The number of methoxy groups -OCH3 is 1. The van der Waals surface area contributed by atoms with Crippen LogP contribution in [-0.4, -0.2) is 24.3 Å². The maximum atomic E-state index is 11.0. The van der Waals surface area contributed by atoms with Crippen LogP contribution in [-0.2, 0) is 9.53 Å². The van der Waals surface area contributed by atoms with Gasteiger partial charge in [-0.15, -0.1) is 0 Å². The van der Waals surface area contributed by atoms with E-state index in [1.807, 2.05) is 0 Å². The van der Waals surface area contributed by atoms with E-state index in [-0.39, 0.29) is 5.92 Å². The van der Waals surface area contributed by atoms with Crippen LogP contribution in [0, 0.1) is 11.8 Å². The van der Waals surface area contributed by atoms with Crippen LogP contribution in [0.3, 0.4) is 0 Å². The predicted octanol–water partition coefficient (Wildman–Crippen LogP) is 1.35. The van der Waals surface area contributed by atoms with Gasteiger partial charge in [0.1, 0.15) is 0 Å². The lowest BCUT2D eigenvalue weighted by Crippen LogP contribution is -2.29. The molecule has 1 aliphatic rings. The number of ether oxygens (including phenoxy) is 1. The van der Waals surface area contributed by atoms with E-state index in [1.165, 1.54) is 7.11 Å². The lowest BCUT2D eigenvalue weighted by atomic mass is 9.98. The lowest BCUT2D eigenvalue weighted by molar-refractivity contribution is -0.153. The zero-order valence-electron chi connectivity index (χ0n) is 8.32. The van der Waals surface area contributed by atoms with Gasteiger partial charge in [0.25, 0.3) is 0 Å². The van der Waals surface area contributed by atoms with Gasteiger partial charge >= 0.3 is 5.97 Å². The summed E-state index contributed by atoms with van der Waals surface area (Å²) in [5.41, 5.74) is 0. The summed E-state index contributed by atoms with van der Waals surface area (Å²) in [5, 5.41) is 9.56. The molecule has 76 valence electrons. The van der Waals surface area contributed by atoms with E-state index >= 15 is 0 Å². The first kappa shape index (κ1) is 10.5. The molecule has 0 bridgehead atoms. The van der Waals surface area contributed by atoms with Gasteiger partial charge in [-0.05, 0) is 24.7 Å². The molecule has 0 spiro atoms. The highest BCUT2D eigenvalue weighted by molar-refractivity contribution is 5.74. The predicted molar refractivity (Wildman–Crippen MR) is 49.1 cm³/mol. The molecule has 0 radical (unpaired) electrons. The molecule has 0 aromatic carbocycles. The Morgan fingerprint density at radius 2 is 2.31 bits per heavy atom. The minimum atomic E-state index is -0.901. The van der Waals surface area contributed by atoms with Crippen LogP contribution in [0.15, 0.2) is 0 Å². The Morgan fingerprint density at radius 1 is 1.62 bits per heavy atom. The monoisotopic (exact) mass is 186 g/mol. The van der Waals surface area contributed by atoms with Crippen LogP contribution in [0.5, 0.6) is 0 Å². The van der Waals surface area contributed by atoms with Crippen molar-refractivity contribution in [2.45, 2.75) is 38.7 Å². The molecule has 3 nitrogen and oxygen atoms in total. The smallest absolute Gasteiger partial charge is 0.334 e. The zero-order chi connectivity index (χ0) is 9.84. The Bertz CT molecular complexity index is 179. The van der Waals surface area contributed by atoms with Crippen molar-refractivity contribution in [3.05, 3.63) is 0 Å². The molecule has 0 saturated heterocycles. The molecular formula is C10H18O3. The molecule has 13 heavy (non-hydrogen) atoms. The number of hydrogen-bond acceptors (Lipinski definition) is 3. The van der Waals surface area contributed by atoms with E-state index in [4.69, 9.17) is 0 Å². The Hall–Kier alpha value is -0.570. The Morgan fingerprint density at radius 3 is 2.77 bits per heavy atom. The molecular weight excluding hydrogens is 168 g/mol. The SMILES string of the molecule is CCC1CCC(C(O)C(=O)OC)C1. The van der Waals surface area contributed by atoms with Crippen molar-refractivity contribution in [1.29, 1.82) is 0 Å². The molecule has 0 aromatic rings. The maximum absolute atomic E-state index is 11.0. The Balaban J connectivity index is 2.41. The highest BCUT2D eigenvalue weighted by Crippen LogP contribution is 2.35. The Kier molecular flexibility index (Phi) is 3.72. The van der Waals surface area contributed by atoms with Crippen LogP contribution in [0.4, 0.5) is 0 Å². The first-order chi connectivity index (χ1) is 6.19. The van der Waals surface area contributed by atoms with Crippen molar-refractivity contribution in [1.82, 2.24) is 0 Å². The number of rotatable bonds is 3. The summed E-state index contributed by atoms with van der Waals surface area (Å²) in [7, 11) is 1.32. The molecule has 3 unspecified atom stereocenters. The summed E-state index contributed by atoms with van der Waals surface area (Å²) in [6, 6.07) is 0. The third-order valence-corrected chi connectivity index (χ3v) is 3.05. The fourth-order valence-electron chi connectivity index (χ4n) is 2.08. The van der Waals surface area contributed by atoms with Gasteiger partial charge in [0, 0.05) is 0 Å². The second kappa shape index (κ2) is 4.61. The molecule has 3 atom stereocenters.